The van der Waals surface area contributed by atoms with Gasteiger partial charge in [0.15, 0.2) is 0 Å². The van der Waals surface area contributed by atoms with E-state index in [9.17, 15) is 4.79 Å². The van der Waals surface area contributed by atoms with Crippen molar-refractivity contribution in [1.82, 2.24) is 14.3 Å². The molecule has 7 heteroatoms. The van der Waals surface area contributed by atoms with Crippen molar-refractivity contribution in [3.63, 3.8) is 0 Å². The molecule has 1 aliphatic heterocycles. The van der Waals surface area contributed by atoms with Crippen LogP contribution in [0, 0.1) is 0 Å². The number of nitrogens with zero attached hydrogens (tertiary/aromatic N) is 4. The zero-order valence-corrected chi connectivity index (χ0v) is 13.3. The first-order chi connectivity index (χ1) is 9.29. The lowest BCUT2D eigenvalue weighted by Gasteiger charge is -2.36. The molecule has 0 bridgehead atoms. The van der Waals surface area contributed by atoms with Crippen LogP contribution in [0.2, 0.25) is 0 Å². The molecular formula is C13H22N4O2S. The highest BCUT2D eigenvalue weighted by Gasteiger charge is 2.27. The van der Waals surface area contributed by atoms with Gasteiger partial charge in [-0.25, -0.2) is 4.98 Å². The van der Waals surface area contributed by atoms with Crippen molar-refractivity contribution >= 4 is 22.6 Å². The fraction of sp³-hybridized carbons (Fsp3) is 0.769. The maximum Gasteiger partial charge on any atom is 0.320 e. The molecule has 2 heterocycles. The fourth-order valence-corrected chi connectivity index (χ4v) is 3.01. The van der Waals surface area contributed by atoms with Crippen molar-refractivity contribution in [3.05, 3.63) is 5.82 Å². The Hall–Kier alpha value is -1.21. The zero-order valence-electron chi connectivity index (χ0n) is 12.5. The van der Waals surface area contributed by atoms with Crippen LogP contribution in [0.1, 0.15) is 33.5 Å². The first kappa shape index (κ1) is 15.2. The molecule has 6 nitrogen and oxygen atoms in total. The minimum absolute atomic E-state index is 0.0333. The number of rotatable bonds is 3. The topological polar surface area (TPSA) is 69.6 Å². The maximum absolute atomic E-state index is 11.0. The Labute approximate surface area is 123 Å². The van der Waals surface area contributed by atoms with Crippen molar-refractivity contribution in [2.45, 2.75) is 39.2 Å². The molecule has 0 saturated carbocycles. The van der Waals surface area contributed by atoms with E-state index >= 15 is 0 Å². The van der Waals surface area contributed by atoms with Gasteiger partial charge in [0, 0.05) is 43.1 Å². The third-order valence-corrected chi connectivity index (χ3v) is 4.35. The quantitative estimate of drug-likeness (QED) is 0.910. The minimum atomic E-state index is -0.760. The van der Waals surface area contributed by atoms with Gasteiger partial charge in [-0.2, -0.15) is 4.37 Å². The monoisotopic (exact) mass is 298 g/mol. The third-order valence-electron chi connectivity index (χ3n) is 3.58. The van der Waals surface area contributed by atoms with Crippen LogP contribution in [0.15, 0.2) is 0 Å². The number of hydrogen-bond acceptors (Lipinski definition) is 6. The second-order valence-electron chi connectivity index (χ2n) is 6.19. The summed E-state index contributed by atoms with van der Waals surface area (Å²) in [6.45, 7) is 11.1. The van der Waals surface area contributed by atoms with Crippen LogP contribution < -0.4 is 4.90 Å². The normalized spacial score (nSPS) is 19.1. The highest BCUT2D eigenvalue weighted by molar-refractivity contribution is 7.09. The molecule has 1 N–H and O–H groups in total. The Morgan fingerprint density at radius 3 is 2.35 bits per heavy atom. The van der Waals surface area contributed by atoms with Crippen molar-refractivity contribution in [1.29, 1.82) is 0 Å². The van der Waals surface area contributed by atoms with Gasteiger partial charge in [0.05, 0.1) is 0 Å². The highest BCUT2D eigenvalue weighted by Crippen LogP contribution is 2.26. The molecule has 0 aliphatic carbocycles. The van der Waals surface area contributed by atoms with E-state index in [2.05, 4.69) is 35.0 Å². The lowest BCUT2D eigenvalue weighted by atomic mass is 9.96. The summed E-state index contributed by atoms with van der Waals surface area (Å²) in [5.41, 5.74) is -0.0333. The predicted molar refractivity (Wildman–Crippen MR) is 79.5 cm³/mol. The molecule has 0 aromatic carbocycles. The van der Waals surface area contributed by atoms with Gasteiger partial charge < -0.3 is 10.0 Å². The summed E-state index contributed by atoms with van der Waals surface area (Å²) in [4.78, 5) is 19.8. The predicted octanol–water partition coefficient (Wildman–Crippen LogP) is 1.43. The van der Waals surface area contributed by atoms with Crippen molar-refractivity contribution < 1.29 is 9.90 Å². The lowest BCUT2D eigenvalue weighted by Crippen LogP contribution is -2.51. The van der Waals surface area contributed by atoms with E-state index in [0.717, 1.165) is 37.1 Å². The Morgan fingerprint density at radius 2 is 1.90 bits per heavy atom. The SMILES string of the molecule is CC(C(=O)O)N1CCN(c2nc(C(C)(C)C)ns2)CC1. The average molecular weight is 298 g/mol. The molecule has 20 heavy (non-hydrogen) atoms. The van der Waals surface area contributed by atoms with E-state index in [4.69, 9.17) is 5.11 Å². The van der Waals surface area contributed by atoms with Crippen molar-refractivity contribution in [2.24, 2.45) is 0 Å². The van der Waals surface area contributed by atoms with Gasteiger partial charge in [0.25, 0.3) is 0 Å². The Kier molecular flexibility index (Phi) is 4.29. The van der Waals surface area contributed by atoms with E-state index in [1.54, 1.807) is 6.92 Å². The summed E-state index contributed by atoms with van der Waals surface area (Å²) < 4.78 is 4.43. The number of anilines is 1. The lowest BCUT2D eigenvalue weighted by molar-refractivity contribution is -0.142. The Balaban J connectivity index is 1.97. The Bertz CT molecular complexity index is 475. The third kappa shape index (κ3) is 3.27. The molecular weight excluding hydrogens is 276 g/mol. The number of aliphatic carboxylic acids is 1. The second kappa shape index (κ2) is 5.65. The van der Waals surface area contributed by atoms with E-state index in [1.807, 2.05) is 4.90 Å². The molecule has 0 spiro atoms. The standard InChI is InChI=1S/C13H22N4O2S/c1-9(10(18)19)16-5-7-17(8-6-16)12-14-11(15-20-12)13(2,3)4/h9H,5-8H2,1-4H3,(H,18,19). The average Bonchev–Trinajstić information content (AvgIpc) is 2.87. The molecule has 0 radical (unpaired) electrons. The van der Waals surface area contributed by atoms with Gasteiger partial charge in [0.1, 0.15) is 11.9 Å². The van der Waals surface area contributed by atoms with Gasteiger partial charge in [-0.15, -0.1) is 0 Å². The number of hydrogen-bond donors (Lipinski definition) is 1. The van der Waals surface area contributed by atoms with Gasteiger partial charge in [-0.3, -0.25) is 9.69 Å². The molecule has 1 fully saturated rings. The summed E-state index contributed by atoms with van der Waals surface area (Å²) in [5.74, 6) is 0.114. The van der Waals surface area contributed by atoms with Crippen LogP contribution in [-0.4, -0.2) is 57.6 Å². The second-order valence-corrected chi connectivity index (χ2v) is 6.92. The first-order valence-corrected chi connectivity index (χ1v) is 7.62. The van der Waals surface area contributed by atoms with Crippen molar-refractivity contribution in [2.75, 3.05) is 31.1 Å². The highest BCUT2D eigenvalue weighted by atomic mass is 32.1. The smallest absolute Gasteiger partial charge is 0.320 e. The zero-order chi connectivity index (χ0) is 14.9. The minimum Gasteiger partial charge on any atom is -0.480 e. The number of carbonyl (C=O) groups is 1. The number of carboxylic acid groups (broad SMARTS) is 1. The van der Waals surface area contributed by atoms with Crippen LogP contribution in [0.4, 0.5) is 5.13 Å². The summed E-state index contributed by atoms with van der Waals surface area (Å²) >= 11 is 1.43. The van der Waals surface area contributed by atoms with Crippen LogP contribution in [0.5, 0.6) is 0 Å². The molecule has 0 amide bonds. The molecule has 1 atom stereocenters. The number of carboxylic acids is 1. The van der Waals surface area contributed by atoms with Crippen LogP contribution in [-0.2, 0) is 10.2 Å². The molecule has 1 aromatic heterocycles. The van der Waals surface area contributed by atoms with Gasteiger partial charge >= 0.3 is 5.97 Å². The maximum atomic E-state index is 11.0. The largest absolute Gasteiger partial charge is 0.480 e. The van der Waals surface area contributed by atoms with E-state index < -0.39 is 12.0 Å². The van der Waals surface area contributed by atoms with E-state index in [1.165, 1.54) is 11.5 Å². The van der Waals surface area contributed by atoms with Crippen LogP contribution >= 0.6 is 11.5 Å². The van der Waals surface area contributed by atoms with Crippen LogP contribution in [0.3, 0.4) is 0 Å². The molecule has 2 rings (SSSR count). The van der Waals surface area contributed by atoms with Gasteiger partial charge in [-0.05, 0) is 6.92 Å². The molecule has 112 valence electrons. The van der Waals surface area contributed by atoms with E-state index in [-0.39, 0.29) is 5.41 Å². The van der Waals surface area contributed by atoms with Gasteiger partial charge in [-0.1, -0.05) is 20.8 Å². The number of aromatic nitrogens is 2. The summed E-state index contributed by atoms with van der Waals surface area (Å²) in [6.07, 6.45) is 0. The Morgan fingerprint density at radius 1 is 1.30 bits per heavy atom. The first-order valence-electron chi connectivity index (χ1n) is 6.85. The molecule has 1 aromatic rings. The summed E-state index contributed by atoms with van der Waals surface area (Å²) in [7, 11) is 0. The summed E-state index contributed by atoms with van der Waals surface area (Å²) in [5, 5.41) is 9.98. The molecule has 1 unspecified atom stereocenters. The van der Waals surface area contributed by atoms with Crippen molar-refractivity contribution in [3.8, 4) is 0 Å². The van der Waals surface area contributed by atoms with E-state index in [0.29, 0.717) is 0 Å². The molecule has 1 saturated heterocycles. The molecule has 1 aliphatic rings. The fourth-order valence-electron chi connectivity index (χ4n) is 2.11. The number of piperazine rings is 1. The van der Waals surface area contributed by atoms with Crippen LogP contribution in [0.25, 0.3) is 0 Å². The van der Waals surface area contributed by atoms with Gasteiger partial charge in [0.2, 0.25) is 5.13 Å². The summed E-state index contributed by atoms with van der Waals surface area (Å²) in [6, 6.07) is -0.420.